The Morgan fingerprint density at radius 2 is 1.83 bits per heavy atom. The minimum absolute atomic E-state index is 0.0724. The van der Waals surface area contributed by atoms with Gasteiger partial charge in [-0.2, -0.15) is 4.31 Å². The maximum absolute atomic E-state index is 12.8. The van der Waals surface area contributed by atoms with Crippen LogP contribution in [-0.4, -0.2) is 36.9 Å². The van der Waals surface area contributed by atoms with Gasteiger partial charge in [0.15, 0.2) is 5.58 Å². The fraction of sp³-hybridized carbons (Fsp3) is 0.333. The zero-order valence-electron chi connectivity index (χ0n) is 16.2. The first-order valence-corrected chi connectivity index (χ1v) is 11.1. The van der Waals surface area contributed by atoms with Crippen LogP contribution in [0, 0.1) is 5.92 Å². The van der Waals surface area contributed by atoms with E-state index in [0.29, 0.717) is 36.0 Å². The van der Waals surface area contributed by atoms with Crippen molar-refractivity contribution in [3.8, 4) is 0 Å². The number of sulfonamides is 1. The number of nitrogens with one attached hydrogen (secondary N) is 1. The molecule has 1 saturated heterocycles. The summed E-state index contributed by atoms with van der Waals surface area (Å²) in [5.41, 5.74) is 1.74. The van der Waals surface area contributed by atoms with Crippen LogP contribution >= 0.6 is 0 Å². The normalized spacial score (nSPS) is 16.2. The van der Waals surface area contributed by atoms with Crippen molar-refractivity contribution in [1.29, 1.82) is 0 Å². The van der Waals surface area contributed by atoms with Crippen molar-refractivity contribution >= 4 is 32.6 Å². The van der Waals surface area contributed by atoms with Gasteiger partial charge in [0, 0.05) is 24.2 Å². The standard InChI is InChI=1S/C21H23N3O4S/c1-15-10-12-24(13-11-15)29(26,27)17-8-6-16(7-9-17)22-21(25)14-19-18-4-2-3-5-20(18)28-23-19/h2-9,15H,10-14H2,1H3,(H,22,25). The van der Waals surface area contributed by atoms with Gasteiger partial charge in [0.2, 0.25) is 15.9 Å². The van der Waals surface area contributed by atoms with Crippen molar-refractivity contribution in [3.05, 3.63) is 54.2 Å². The topological polar surface area (TPSA) is 92.5 Å². The van der Waals surface area contributed by atoms with Crippen molar-refractivity contribution < 1.29 is 17.7 Å². The maximum atomic E-state index is 12.8. The molecule has 0 aliphatic carbocycles. The lowest BCUT2D eigenvalue weighted by molar-refractivity contribution is -0.115. The van der Waals surface area contributed by atoms with Gasteiger partial charge in [0.1, 0.15) is 5.69 Å². The van der Waals surface area contributed by atoms with Gasteiger partial charge in [-0.3, -0.25) is 4.79 Å². The van der Waals surface area contributed by atoms with Crippen LogP contribution in [0.2, 0.25) is 0 Å². The fourth-order valence-corrected chi connectivity index (χ4v) is 4.98. The number of benzene rings is 2. The molecule has 152 valence electrons. The molecular formula is C21H23N3O4S. The minimum atomic E-state index is -3.50. The van der Waals surface area contributed by atoms with E-state index in [1.54, 1.807) is 18.2 Å². The molecule has 1 fully saturated rings. The zero-order valence-corrected chi connectivity index (χ0v) is 17.0. The number of hydrogen-bond acceptors (Lipinski definition) is 5. The largest absolute Gasteiger partial charge is 0.356 e. The van der Waals surface area contributed by atoms with Crippen molar-refractivity contribution in [2.45, 2.75) is 31.1 Å². The molecule has 0 unspecified atom stereocenters. The first kappa shape index (κ1) is 19.6. The maximum Gasteiger partial charge on any atom is 0.243 e. The van der Waals surface area contributed by atoms with Crippen LogP contribution in [0.4, 0.5) is 5.69 Å². The second-order valence-electron chi connectivity index (χ2n) is 7.46. The van der Waals surface area contributed by atoms with E-state index in [0.717, 1.165) is 18.2 Å². The average Bonchev–Trinajstić information content (AvgIpc) is 3.11. The Morgan fingerprint density at radius 3 is 2.55 bits per heavy atom. The lowest BCUT2D eigenvalue weighted by atomic mass is 10.0. The average molecular weight is 413 g/mol. The molecule has 7 nitrogen and oxygen atoms in total. The third-order valence-electron chi connectivity index (χ3n) is 5.30. The van der Waals surface area contributed by atoms with Gasteiger partial charge in [-0.15, -0.1) is 0 Å². The molecule has 0 saturated carbocycles. The first-order valence-electron chi connectivity index (χ1n) is 9.67. The van der Waals surface area contributed by atoms with Gasteiger partial charge in [-0.1, -0.05) is 24.2 Å². The number of para-hydroxylation sites is 1. The molecule has 0 spiro atoms. The number of fused-ring (bicyclic) bond motifs is 1. The molecule has 4 rings (SSSR count). The van der Waals surface area contributed by atoms with E-state index in [4.69, 9.17) is 4.52 Å². The van der Waals surface area contributed by atoms with E-state index in [1.165, 1.54) is 16.4 Å². The molecule has 1 N–H and O–H groups in total. The van der Waals surface area contributed by atoms with E-state index in [2.05, 4.69) is 17.4 Å². The summed E-state index contributed by atoms with van der Waals surface area (Å²) in [5.74, 6) is 0.311. The summed E-state index contributed by atoms with van der Waals surface area (Å²) < 4.78 is 32.3. The molecule has 8 heteroatoms. The number of rotatable bonds is 5. The van der Waals surface area contributed by atoms with Crippen LogP contribution in [0.25, 0.3) is 11.0 Å². The minimum Gasteiger partial charge on any atom is -0.356 e. The van der Waals surface area contributed by atoms with Crippen molar-refractivity contribution in [1.82, 2.24) is 9.46 Å². The number of piperidine rings is 1. The highest BCUT2D eigenvalue weighted by atomic mass is 32.2. The van der Waals surface area contributed by atoms with Crippen LogP contribution in [0.5, 0.6) is 0 Å². The molecule has 1 amide bonds. The van der Waals surface area contributed by atoms with Crippen LogP contribution < -0.4 is 5.32 Å². The summed E-state index contributed by atoms with van der Waals surface area (Å²) >= 11 is 0. The number of hydrogen-bond donors (Lipinski definition) is 1. The molecule has 29 heavy (non-hydrogen) atoms. The van der Waals surface area contributed by atoms with Crippen LogP contribution in [0.3, 0.4) is 0 Å². The SMILES string of the molecule is CC1CCN(S(=O)(=O)c2ccc(NC(=O)Cc3noc4ccccc34)cc2)CC1. The van der Waals surface area contributed by atoms with E-state index in [-0.39, 0.29) is 17.2 Å². The second-order valence-corrected chi connectivity index (χ2v) is 9.40. The van der Waals surface area contributed by atoms with Gasteiger partial charge in [0.25, 0.3) is 0 Å². The quantitative estimate of drug-likeness (QED) is 0.692. The Labute approximate surface area is 169 Å². The smallest absolute Gasteiger partial charge is 0.243 e. The van der Waals surface area contributed by atoms with E-state index >= 15 is 0 Å². The third kappa shape index (κ3) is 4.18. The highest BCUT2D eigenvalue weighted by Crippen LogP contribution is 2.24. The highest BCUT2D eigenvalue weighted by molar-refractivity contribution is 7.89. The van der Waals surface area contributed by atoms with Gasteiger partial charge in [0.05, 0.1) is 11.3 Å². The number of amides is 1. The first-order chi connectivity index (χ1) is 13.9. The van der Waals surface area contributed by atoms with Gasteiger partial charge in [-0.05, 0) is 55.2 Å². The van der Waals surface area contributed by atoms with Crippen molar-refractivity contribution in [3.63, 3.8) is 0 Å². The molecule has 2 heterocycles. The Balaban J connectivity index is 1.42. The van der Waals surface area contributed by atoms with E-state index < -0.39 is 10.0 Å². The molecule has 1 aliphatic heterocycles. The number of carbonyl (C=O) groups is 1. The summed E-state index contributed by atoms with van der Waals surface area (Å²) in [5, 5.41) is 7.55. The molecule has 1 aromatic heterocycles. The second kappa shape index (κ2) is 7.96. The summed E-state index contributed by atoms with van der Waals surface area (Å²) in [6.45, 7) is 3.24. The van der Waals surface area contributed by atoms with Gasteiger partial charge in [-0.25, -0.2) is 8.42 Å². The van der Waals surface area contributed by atoms with Crippen LogP contribution in [-0.2, 0) is 21.2 Å². The fourth-order valence-electron chi connectivity index (χ4n) is 3.51. The Hall–Kier alpha value is -2.71. The molecule has 3 aromatic rings. The number of anilines is 1. The highest BCUT2D eigenvalue weighted by Gasteiger charge is 2.27. The van der Waals surface area contributed by atoms with E-state index in [1.807, 2.05) is 18.2 Å². The molecule has 0 radical (unpaired) electrons. The van der Waals surface area contributed by atoms with Gasteiger partial charge >= 0.3 is 0 Å². The predicted octanol–water partition coefficient (Wildman–Crippen LogP) is 3.43. The lowest BCUT2D eigenvalue weighted by Crippen LogP contribution is -2.37. The molecule has 0 bridgehead atoms. The summed E-state index contributed by atoms with van der Waals surface area (Å²) in [6.07, 6.45) is 1.83. The predicted molar refractivity (Wildman–Crippen MR) is 110 cm³/mol. The summed E-state index contributed by atoms with van der Waals surface area (Å²) in [7, 11) is -3.50. The van der Waals surface area contributed by atoms with Crippen molar-refractivity contribution in [2.75, 3.05) is 18.4 Å². The third-order valence-corrected chi connectivity index (χ3v) is 7.21. The van der Waals surface area contributed by atoms with Crippen LogP contribution in [0.15, 0.2) is 57.9 Å². The number of carbonyl (C=O) groups excluding carboxylic acids is 1. The Bertz CT molecular complexity index is 1110. The number of aromatic nitrogens is 1. The summed E-state index contributed by atoms with van der Waals surface area (Å²) in [4.78, 5) is 12.6. The molecular weight excluding hydrogens is 390 g/mol. The van der Waals surface area contributed by atoms with E-state index in [9.17, 15) is 13.2 Å². The zero-order chi connectivity index (χ0) is 20.4. The molecule has 0 atom stereocenters. The van der Waals surface area contributed by atoms with Gasteiger partial charge < -0.3 is 9.84 Å². The summed E-state index contributed by atoms with van der Waals surface area (Å²) in [6, 6.07) is 13.7. The lowest BCUT2D eigenvalue weighted by Gasteiger charge is -2.29. The number of nitrogens with zero attached hydrogens (tertiary/aromatic N) is 2. The molecule has 2 aromatic carbocycles. The Morgan fingerprint density at radius 1 is 1.14 bits per heavy atom. The Kier molecular flexibility index (Phi) is 5.38. The monoisotopic (exact) mass is 413 g/mol. The molecule has 1 aliphatic rings. The van der Waals surface area contributed by atoms with Crippen molar-refractivity contribution in [2.24, 2.45) is 5.92 Å². The van der Waals surface area contributed by atoms with Crippen LogP contribution in [0.1, 0.15) is 25.5 Å².